The number of carbonyl (C=O) groups is 1. The lowest BCUT2D eigenvalue weighted by Crippen LogP contribution is -2.23. The van der Waals surface area contributed by atoms with Gasteiger partial charge in [0.25, 0.3) is 0 Å². The highest BCUT2D eigenvalue weighted by Crippen LogP contribution is 2.16. The van der Waals surface area contributed by atoms with E-state index in [2.05, 4.69) is 30.9 Å². The van der Waals surface area contributed by atoms with Crippen LogP contribution in [0.25, 0.3) is 0 Å². The van der Waals surface area contributed by atoms with Crippen LogP contribution in [0.2, 0.25) is 0 Å². The number of hydrogen-bond donors (Lipinski definition) is 1. The van der Waals surface area contributed by atoms with E-state index in [9.17, 15) is 4.79 Å². The van der Waals surface area contributed by atoms with E-state index in [4.69, 9.17) is 9.84 Å². The Balaban J connectivity index is 2.14. The van der Waals surface area contributed by atoms with Gasteiger partial charge in [0.15, 0.2) is 0 Å². The highest BCUT2D eigenvalue weighted by Gasteiger charge is 2.02. The number of nitrogens with zero attached hydrogens (tertiary/aromatic N) is 1. The van der Waals surface area contributed by atoms with Crippen molar-refractivity contribution in [2.45, 2.75) is 33.1 Å². The summed E-state index contributed by atoms with van der Waals surface area (Å²) in [7, 11) is 2.01. The van der Waals surface area contributed by atoms with Crippen molar-refractivity contribution in [1.29, 1.82) is 0 Å². The average Bonchev–Trinajstić information content (AvgIpc) is 2.38. The van der Waals surface area contributed by atoms with Crippen molar-refractivity contribution >= 4 is 5.97 Å². The van der Waals surface area contributed by atoms with Gasteiger partial charge in [0.2, 0.25) is 0 Å². The molecule has 1 aromatic rings. The summed E-state index contributed by atoms with van der Waals surface area (Å²) in [6, 6.07) is 6.13. The summed E-state index contributed by atoms with van der Waals surface area (Å²) in [5, 5.41) is 8.57. The minimum Gasteiger partial charge on any atom is -0.494 e. The Morgan fingerprint density at radius 2 is 1.90 bits per heavy atom. The first-order valence-corrected chi connectivity index (χ1v) is 7.09. The van der Waals surface area contributed by atoms with E-state index in [0.29, 0.717) is 13.0 Å². The van der Waals surface area contributed by atoms with Crippen LogP contribution in [0.15, 0.2) is 18.2 Å². The smallest absolute Gasteiger partial charge is 0.303 e. The molecular formula is C16H25NO3. The van der Waals surface area contributed by atoms with Gasteiger partial charge in [-0.25, -0.2) is 0 Å². The summed E-state index contributed by atoms with van der Waals surface area (Å²) >= 11 is 0. The maximum Gasteiger partial charge on any atom is 0.303 e. The predicted octanol–water partition coefficient (Wildman–Crippen LogP) is 2.87. The van der Waals surface area contributed by atoms with E-state index in [1.165, 1.54) is 11.1 Å². The molecule has 0 saturated heterocycles. The molecule has 1 rings (SSSR count). The Labute approximate surface area is 121 Å². The number of aryl methyl sites for hydroxylation is 2. The summed E-state index contributed by atoms with van der Waals surface area (Å²) in [5.74, 6) is 0.193. The van der Waals surface area contributed by atoms with E-state index in [1.54, 1.807) is 0 Å². The molecule has 20 heavy (non-hydrogen) atoms. The molecule has 0 bridgehead atoms. The molecule has 0 saturated carbocycles. The van der Waals surface area contributed by atoms with Crippen LogP contribution in [0.4, 0.5) is 0 Å². The van der Waals surface area contributed by atoms with Crippen LogP contribution in [0.3, 0.4) is 0 Å². The highest BCUT2D eigenvalue weighted by atomic mass is 16.5. The van der Waals surface area contributed by atoms with Crippen LogP contribution in [0, 0.1) is 13.8 Å². The van der Waals surface area contributed by atoms with Crippen molar-refractivity contribution in [3.05, 3.63) is 29.3 Å². The normalized spacial score (nSPS) is 10.8. The SMILES string of the molecule is Cc1ccc(OCCCN(C)CCCC(=O)O)cc1C. The fourth-order valence-corrected chi connectivity index (χ4v) is 1.94. The fourth-order valence-electron chi connectivity index (χ4n) is 1.94. The van der Waals surface area contributed by atoms with Crippen LogP contribution >= 0.6 is 0 Å². The van der Waals surface area contributed by atoms with Crippen LogP contribution < -0.4 is 4.74 Å². The second-order valence-electron chi connectivity index (χ2n) is 5.25. The van der Waals surface area contributed by atoms with Crippen molar-refractivity contribution in [2.75, 3.05) is 26.7 Å². The Kier molecular flexibility index (Phi) is 7.09. The molecule has 1 aromatic carbocycles. The molecule has 0 aromatic heterocycles. The lowest BCUT2D eigenvalue weighted by Gasteiger charge is -2.16. The van der Waals surface area contributed by atoms with E-state index < -0.39 is 5.97 Å². The summed E-state index contributed by atoms with van der Waals surface area (Å²) in [4.78, 5) is 12.6. The van der Waals surface area contributed by atoms with Gasteiger partial charge in [0.1, 0.15) is 5.75 Å². The van der Waals surface area contributed by atoms with Crippen molar-refractivity contribution in [3.8, 4) is 5.75 Å². The molecule has 0 amide bonds. The van der Waals surface area contributed by atoms with E-state index in [0.717, 1.165) is 25.3 Å². The summed E-state index contributed by atoms with van der Waals surface area (Å²) in [6.45, 7) is 6.59. The number of hydrogen-bond acceptors (Lipinski definition) is 3. The number of rotatable bonds is 9. The van der Waals surface area contributed by atoms with Gasteiger partial charge < -0.3 is 14.7 Å². The molecule has 4 nitrogen and oxygen atoms in total. The van der Waals surface area contributed by atoms with Gasteiger partial charge in [-0.2, -0.15) is 0 Å². The first kappa shape index (κ1) is 16.5. The monoisotopic (exact) mass is 279 g/mol. The number of carboxylic acid groups (broad SMARTS) is 1. The molecule has 0 aliphatic heterocycles. The maximum absolute atomic E-state index is 10.4. The van der Waals surface area contributed by atoms with Gasteiger partial charge in [-0.05, 0) is 63.5 Å². The molecule has 112 valence electrons. The third-order valence-electron chi connectivity index (χ3n) is 3.36. The molecule has 0 heterocycles. The third-order valence-corrected chi connectivity index (χ3v) is 3.36. The predicted molar refractivity (Wildman–Crippen MR) is 80.4 cm³/mol. The van der Waals surface area contributed by atoms with Crippen molar-refractivity contribution < 1.29 is 14.6 Å². The Morgan fingerprint density at radius 3 is 2.55 bits per heavy atom. The number of benzene rings is 1. The molecule has 0 spiro atoms. The third kappa shape index (κ3) is 6.57. The molecule has 0 aliphatic rings. The van der Waals surface area contributed by atoms with Gasteiger partial charge >= 0.3 is 5.97 Å². The van der Waals surface area contributed by atoms with Crippen molar-refractivity contribution in [3.63, 3.8) is 0 Å². The molecule has 0 fully saturated rings. The van der Waals surface area contributed by atoms with E-state index in [1.807, 2.05) is 13.1 Å². The minimum absolute atomic E-state index is 0.240. The second kappa shape index (κ2) is 8.59. The lowest BCUT2D eigenvalue weighted by atomic mass is 10.1. The van der Waals surface area contributed by atoms with Crippen LogP contribution in [0.1, 0.15) is 30.4 Å². The van der Waals surface area contributed by atoms with E-state index >= 15 is 0 Å². The summed E-state index contributed by atoms with van der Waals surface area (Å²) in [5.41, 5.74) is 2.52. The standard InChI is InChI=1S/C16H25NO3/c1-13-7-8-15(12-14(13)2)20-11-5-10-17(3)9-4-6-16(18)19/h7-8,12H,4-6,9-11H2,1-3H3,(H,18,19). The largest absolute Gasteiger partial charge is 0.494 e. The van der Waals surface area contributed by atoms with Crippen LogP contribution in [0.5, 0.6) is 5.75 Å². The number of aliphatic carboxylic acids is 1. The highest BCUT2D eigenvalue weighted by molar-refractivity contribution is 5.66. The first-order valence-electron chi connectivity index (χ1n) is 7.09. The second-order valence-corrected chi connectivity index (χ2v) is 5.25. The zero-order valence-corrected chi connectivity index (χ0v) is 12.7. The molecule has 0 radical (unpaired) electrons. The maximum atomic E-state index is 10.4. The zero-order chi connectivity index (χ0) is 15.0. The van der Waals surface area contributed by atoms with Crippen LogP contribution in [-0.4, -0.2) is 42.7 Å². The first-order chi connectivity index (χ1) is 9.49. The Bertz CT molecular complexity index is 432. The van der Waals surface area contributed by atoms with Crippen molar-refractivity contribution in [1.82, 2.24) is 4.90 Å². The van der Waals surface area contributed by atoms with Gasteiger partial charge in [-0.3, -0.25) is 4.79 Å². The van der Waals surface area contributed by atoms with Crippen molar-refractivity contribution in [2.24, 2.45) is 0 Å². The lowest BCUT2D eigenvalue weighted by molar-refractivity contribution is -0.137. The molecule has 1 N–H and O–H groups in total. The quantitative estimate of drug-likeness (QED) is 0.706. The number of ether oxygens (including phenoxy) is 1. The summed E-state index contributed by atoms with van der Waals surface area (Å²) < 4.78 is 5.71. The molecule has 4 heteroatoms. The van der Waals surface area contributed by atoms with Gasteiger partial charge in [-0.15, -0.1) is 0 Å². The zero-order valence-electron chi connectivity index (χ0n) is 12.7. The topological polar surface area (TPSA) is 49.8 Å². The van der Waals surface area contributed by atoms with E-state index in [-0.39, 0.29) is 6.42 Å². The molecule has 0 atom stereocenters. The fraction of sp³-hybridized carbons (Fsp3) is 0.562. The van der Waals surface area contributed by atoms with Gasteiger partial charge in [0.05, 0.1) is 6.61 Å². The van der Waals surface area contributed by atoms with Gasteiger partial charge in [-0.1, -0.05) is 6.07 Å². The molecule has 0 unspecified atom stereocenters. The van der Waals surface area contributed by atoms with Crippen LogP contribution in [-0.2, 0) is 4.79 Å². The Hall–Kier alpha value is -1.55. The number of carboxylic acids is 1. The Morgan fingerprint density at radius 1 is 1.20 bits per heavy atom. The average molecular weight is 279 g/mol. The summed E-state index contributed by atoms with van der Waals surface area (Å²) in [6.07, 6.45) is 1.88. The minimum atomic E-state index is -0.725. The van der Waals surface area contributed by atoms with Gasteiger partial charge in [0, 0.05) is 13.0 Å². The molecular weight excluding hydrogens is 254 g/mol. The molecule has 0 aliphatic carbocycles.